The molecule has 0 amide bonds. The number of nitrogens with zero attached hydrogens (tertiary/aromatic N) is 4. The SMILES string of the molecule is O=c1[nH]cccc1CN(c1ccc(-c2nn[nH]n2)cc1)c1ccc(OC(F)F)c(O[C@@H]2CCCO2)c1. The summed E-state index contributed by atoms with van der Waals surface area (Å²) in [6.07, 6.45) is 2.45. The smallest absolute Gasteiger partial charge is 0.387 e. The molecule has 1 atom stereocenters. The van der Waals surface area contributed by atoms with Crippen LogP contribution in [0.1, 0.15) is 18.4 Å². The molecule has 0 radical (unpaired) electrons. The maximum absolute atomic E-state index is 13.0. The van der Waals surface area contributed by atoms with Gasteiger partial charge >= 0.3 is 6.61 Å². The third-order valence-corrected chi connectivity index (χ3v) is 5.61. The Kier molecular flexibility index (Phi) is 6.85. The van der Waals surface area contributed by atoms with Crippen LogP contribution in [0.2, 0.25) is 0 Å². The maximum Gasteiger partial charge on any atom is 0.387 e. The Morgan fingerprint density at radius 1 is 1.11 bits per heavy atom. The summed E-state index contributed by atoms with van der Waals surface area (Å²) < 4.78 is 42.2. The zero-order valence-corrected chi connectivity index (χ0v) is 18.9. The van der Waals surface area contributed by atoms with Crippen molar-refractivity contribution in [3.63, 3.8) is 0 Å². The van der Waals surface area contributed by atoms with E-state index in [0.29, 0.717) is 30.1 Å². The summed E-state index contributed by atoms with van der Waals surface area (Å²) in [4.78, 5) is 17.0. The zero-order chi connectivity index (χ0) is 24.9. The monoisotopic (exact) mass is 496 g/mol. The van der Waals surface area contributed by atoms with Crippen LogP contribution in [0.5, 0.6) is 11.5 Å². The van der Waals surface area contributed by atoms with Gasteiger partial charge in [-0.15, -0.1) is 10.2 Å². The highest BCUT2D eigenvalue weighted by Crippen LogP contribution is 2.38. The molecular formula is C24H22F2N6O4. The number of aromatic amines is 2. The molecule has 2 aromatic carbocycles. The second-order valence-corrected chi connectivity index (χ2v) is 7.96. The van der Waals surface area contributed by atoms with Crippen LogP contribution in [-0.4, -0.2) is 45.1 Å². The molecule has 12 heteroatoms. The molecular weight excluding hydrogens is 474 g/mol. The number of hydrogen-bond donors (Lipinski definition) is 2. The van der Waals surface area contributed by atoms with E-state index in [1.165, 1.54) is 6.07 Å². The standard InChI is InChI=1S/C24H22F2N6O4/c25-24(26)36-19-10-9-18(13-20(19)35-21-4-2-12-34-21)32(14-16-3-1-11-27-23(16)33)17-7-5-15(6-8-17)22-28-30-31-29-22/h1,3,5-11,13,21,24H,2,4,12,14H2,(H,27,33)(H,28,29,30,31)/t21-/m1/s1. The first-order valence-electron chi connectivity index (χ1n) is 11.2. The molecule has 4 aromatic rings. The van der Waals surface area contributed by atoms with E-state index < -0.39 is 12.9 Å². The van der Waals surface area contributed by atoms with Crippen molar-refractivity contribution < 1.29 is 23.0 Å². The molecule has 3 heterocycles. The number of tetrazole rings is 1. The topological polar surface area (TPSA) is 118 Å². The third-order valence-electron chi connectivity index (χ3n) is 5.61. The van der Waals surface area contributed by atoms with Gasteiger partial charge in [0, 0.05) is 41.2 Å². The zero-order valence-electron chi connectivity index (χ0n) is 18.9. The molecule has 10 nitrogen and oxygen atoms in total. The van der Waals surface area contributed by atoms with Crippen molar-refractivity contribution in [2.75, 3.05) is 11.5 Å². The van der Waals surface area contributed by atoms with Gasteiger partial charge in [-0.05, 0) is 54.1 Å². The van der Waals surface area contributed by atoms with Gasteiger partial charge in [0.15, 0.2) is 17.8 Å². The fourth-order valence-corrected chi connectivity index (χ4v) is 3.89. The summed E-state index contributed by atoms with van der Waals surface area (Å²) in [6, 6.07) is 15.4. The molecule has 1 aliphatic rings. The lowest BCUT2D eigenvalue weighted by Gasteiger charge is -2.26. The van der Waals surface area contributed by atoms with E-state index in [1.54, 1.807) is 30.5 Å². The van der Waals surface area contributed by atoms with Crippen molar-refractivity contribution >= 4 is 11.4 Å². The number of halogens is 2. The van der Waals surface area contributed by atoms with E-state index in [0.717, 1.165) is 17.7 Å². The van der Waals surface area contributed by atoms with E-state index in [9.17, 15) is 13.6 Å². The van der Waals surface area contributed by atoms with E-state index in [2.05, 4.69) is 30.3 Å². The van der Waals surface area contributed by atoms with Crippen LogP contribution in [0.4, 0.5) is 20.2 Å². The van der Waals surface area contributed by atoms with Crippen LogP contribution >= 0.6 is 0 Å². The summed E-state index contributed by atoms with van der Waals surface area (Å²) in [6.45, 7) is -2.28. The number of ether oxygens (including phenoxy) is 3. The minimum absolute atomic E-state index is 0.103. The number of benzene rings is 2. The van der Waals surface area contributed by atoms with Crippen LogP contribution in [0.25, 0.3) is 11.4 Å². The van der Waals surface area contributed by atoms with E-state index in [-0.39, 0.29) is 23.6 Å². The highest BCUT2D eigenvalue weighted by Gasteiger charge is 2.22. The molecule has 0 spiro atoms. The highest BCUT2D eigenvalue weighted by molar-refractivity contribution is 5.69. The summed E-state index contributed by atoms with van der Waals surface area (Å²) in [7, 11) is 0. The number of nitrogens with one attached hydrogen (secondary N) is 2. The number of pyridine rings is 1. The molecule has 2 aromatic heterocycles. The van der Waals surface area contributed by atoms with Crippen molar-refractivity contribution in [1.82, 2.24) is 25.6 Å². The quantitative estimate of drug-likeness (QED) is 0.357. The molecule has 0 bridgehead atoms. The largest absolute Gasteiger partial charge is 0.461 e. The van der Waals surface area contributed by atoms with Crippen molar-refractivity contribution in [3.8, 4) is 22.9 Å². The van der Waals surface area contributed by atoms with E-state index in [4.69, 9.17) is 9.47 Å². The van der Waals surface area contributed by atoms with Crippen LogP contribution in [0.15, 0.2) is 65.6 Å². The first-order valence-corrected chi connectivity index (χ1v) is 11.2. The molecule has 1 aliphatic heterocycles. The number of anilines is 2. The summed E-state index contributed by atoms with van der Waals surface area (Å²) in [5, 5.41) is 14.0. The molecule has 5 rings (SSSR count). The summed E-state index contributed by atoms with van der Waals surface area (Å²) >= 11 is 0. The van der Waals surface area contributed by atoms with Gasteiger partial charge in [-0.25, -0.2) is 0 Å². The predicted octanol–water partition coefficient (Wildman–Crippen LogP) is 4.01. The molecule has 1 fully saturated rings. The Morgan fingerprint density at radius 3 is 2.64 bits per heavy atom. The summed E-state index contributed by atoms with van der Waals surface area (Å²) in [5.41, 5.74) is 2.35. The Morgan fingerprint density at radius 2 is 1.94 bits per heavy atom. The second kappa shape index (κ2) is 10.5. The number of aromatic nitrogens is 5. The molecule has 36 heavy (non-hydrogen) atoms. The Bertz CT molecular complexity index is 1340. The predicted molar refractivity (Wildman–Crippen MR) is 125 cm³/mol. The molecule has 2 N–H and O–H groups in total. The van der Waals surface area contributed by atoms with Gasteiger partial charge in [0.1, 0.15) is 0 Å². The number of H-pyrrole nitrogens is 2. The molecule has 0 aliphatic carbocycles. The second-order valence-electron chi connectivity index (χ2n) is 7.96. The number of hydrogen-bond acceptors (Lipinski definition) is 8. The van der Waals surface area contributed by atoms with Gasteiger partial charge in [-0.3, -0.25) is 4.79 Å². The van der Waals surface area contributed by atoms with Gasteiger partial charge in [-0.1, -0.05) is 6.07 Å². The van der Waals surface area contributed by atoms with Crippen LogP contribution in [0, 0.1) is 0 Å². The summed E-state index contributed by atoms with van der Waals surface area (Å²) in [5.74, 6) is 0.456. The minimum Gasteiger partial charge on any atom is -0.461 e. The van der Waals surface area contributed by atoms with Crippen LogP contribution < -0.4 is 19.9 Å². The molecule has 186 valence electrons. The maximum atomic E-state index is 13.0. The Hall–Kier alpha value is -4.32. The fourth-order valence-electron chi connectivity index (χ4n) is 3.89. The van der Waals surface area contributed by atoms with E-state index in [1.807, 2.05) is 29.2 Å². The average Bonchev–Trinajstić information content (AvgIpc) is 3.60. The van der Waals surface area contributed by atoms with Gasteiger partial charge in [0.25, 0.3) is 5.56 Å². The van der Waals surface area contributed by atoms with Crippen LogP contribution in [-0.2, 0) is 11.3 Å². The lowest BCUT2D eigenvalue weighted by atomic mass is 10.1. The van der Waals surface area contributed by atoms with Gasteiger partial charge < -0.3 is 24.1 Å². The minimum atomic E-state index is -3.01. The number of alkyl halides is 2. The van der Waals surface area contributed by atoms with Gasteiger partial charge in [-0.2, -0.15) is 14.0 Å². The van der Waals surface area contributed by atoms with Crippen molar-refractivity contribution in [1.29, 1.82) is 0 Å². The van der Waals surface area contributed by atoms with E-state index >= 15 is 0 Å². The van der Waals surface area contributed by atoms with Crippen molar-refractivity contribution in [2.45, 2.75) is 32.3 Å². The van der Waals surface area contributed by atoms with Crippen LogP contribution in [0.3, 0.4) is 0 Å². The normalized spacial score (nSPS) is 15.2. The third kappa shape index (κ3) is 5.33. The van der Waals surface area contributed by atoms with Gasteiger partial charge in [0.2, 0.25) is 5.82 Å². The highest BCUT2D eigenvalue weighted by atomic mass is 19.3. The lowest BCUT2D eigenvalue weighted by molar-refractivity contribution is -0.0632. The van der Waals surface area contributed by atoms with Crippen molar-refractivity contribution in [2.24, 2.45) is 0 Å². The molecule has 1 saturated heterocycles. The van der Waals surface area contributed by atoms with Crippen molar-refractivity contribution in [3.05, 3.63) is 76.7 Å². The Balaban J connectivity index is 1.53. The first kappa shape index (κ1) is 23.4. The lowest BCUT2D eigenvalue weighted by Crippen LogP contribution is -2.23. The molecule has 0 unspecified atom stereocenters. The first-order chi connectivity index (χ1) is 17.6. The molecule has 0 saturated carbocycles. The van der Waals surface area contributed by atoms with Gasteiger partial charge in [0.05, 0.1) is 13.2 Å². The fraction of sp³-hybridized carbons (Fsp3) is 0.250. The Labute approximate surface area is 203 Å². The average molecular weight is 496 g/mol. The number of rotatable bonds is 9.